The molecule has 7 rings (SSSR count). The molecule has 3 aliphatic rings. The van der Waals surface area contributed by atoms with Crippen molar-refractivity contribution >= 4 is 35.0 Å². The van der Waals surface area contributed by atoms with Crippen LogP contribution in [0.4, 0.5) is 0 Å². The molecule has 0 bridgehead atoms. The summed E-state index contributed by atoms with van der Waals surface area (Å²) >= 11 is 12.5. The molecule has 2 aromatic heterocycles. The van der Waals surface area contributed by atoms with E-state index in [2.05, 4.69) is 29.9 Å². The predicted octanol–water partition coefficient (Wildman–Crippen LogP) is 6.75. The van der Waals surface area contributed by atoms with Crippen LogP contribution >= 0.6 is 23.2 Å². The molecule has 10 heteroatoms. The molecule has 8 nitrogen and oxygen atoms in total. The topological polar surface area (TPSA) is 76.3 Å². The Hall–Kier alpha value is -3.62. The average Bonchev–Trinajstić information content (AvgIpc) is 3.52. The third-order valence-corrected chi connectivity index (χ3v) is 9.81. The summed E-state index contributed by atoms with van der Waals surface area (Å²) in [7, 11) is 1.83. The highest BCUT2D eigenvalue weighted by Gasteiger charge is 2.52. The lowest BCUT2D eigenvalue weighted by molar-refractivity contribution is 0.0636. The molecule has 43 heavy (non-hydrogen) atoms. The first-order chi connectivity index (χ1) is 20.5. The summed E-state index contributed by atoms with van der Waals surface area (Å²) in [6.07, 6.45) is 2.59. The fourth-order valence-corrected chi connectivity index (χ4v) is 7.43. The lowest BCUT2D eigenvalue weighted by Crippen LogP contribution is -2.45. The number of fused-ring (bicyclic) bond motifs is 2. The van der Waals surface area contributed by atoms with E-state index in [4.69, 9.17) is 33.2 Å². The summed E-state index contributed by atoms with van der Waals surface area (Å²) in [5.41, 5.74) is 4.05. The van der Waals surface area contributed by atoms with Crippen molar-refractivity contribution in [2.24, 2.45) is 0 Å². The SMILES string of the molecule is Cc1nc2c(n1C(C)C)C(C)(c1ccc(Cl)cc1)N(CCc1nc3c(n1C1CC1)C(c1ccc(Cl)cc1)N(C)C3=O)C2=O. The molecule has 2 amide bonds. The van der Waals surface area contributed by atoms with Gasteiger partial charge in [0.1, 0.15) is 17.2 Å². The number of aromatic nitrogens is 4. The van der Waals surface area contributed by atoms with Gasteiger partial charge in [-0.25, -0.2) is 9.97 Å². The van der Waals surface area contributed by atoms with E-state index < -0.39 is 5.54 Å². The van der Waals surface area contributed by atoms with Gasteiger partial charge in [-0.05, 0) is 75.9 Å². The number of halogens is 2. The largest absolute Gasteiger partial charge is 0.328 e. The molecule has 4 heterocycles. The normalized spacial score (nSPS) is 21.3. The van der Waals surface area contributed by atoms with Crippen molar-refractivity contribution in [2.45, 2.75) is 70.6 Å². The predicted molar refractivity (Wildman–Crippen MR) is 166 cm³/mol. The first-order valence-electron chi connectivity index (χ1n) is 14.8. The maximum absolute atomic E-state index is 14.1. The Morgan fingerprint density at radius 1 is 0.930 bits per heavy atom. The number of imidazole rings is 2. The lowest BCUT2D eigenvalue weighted by Gasteiger charge is -2.38. The Morgan fingerprint density at radius 2 is 1.56 bits per heavy atom. The molecule has 0 radical (unpaired) electrons. The number of amides is 2. The van der Waals surface area contributed by atoms with E-state index in [9.17, 15) is 9.59 Å². The van der Waals surface area contributed by atoms with Crippen LogP contribution in [0.1, 0.15) is 107 Å². The van der Waals surface area contributed by atoms with Gasteiger partial charge in [-0.1, -0.05) is 47.5 Å². The van der Waals surface area contributed by atoms with Crippen LogP contribution in [0.3, 0.4) is 0 Å². The Bertz CT molecular complexity index is 1770. The average molecular weight is 618 g/mol. The molecular weight excluding hydrogens is 583 g/mol. The third-order valence-electron chi connectivity index (χ3n) is 9.31. The van der Waals surface area contributed by atoms with Gasteiger partial charge in [0.2, 0.25) is 0 Å². The van der Waals surface area contributed by atoms with Gasteiger partial charge in [0, 0.05) is 42.1 Å². The zero-order valence-electron chi connectivity index (χ0n) is 24.9. The van der Waals surface area contributed by atoms with Gasteiger partial charge in [0.05, 0.1) is 17.4 Å². The highest BCUT2D eigenvalue weighted by atomic mass is 35.5. The van der Waals surface area contributed by atoms with E-state index in [0.717, 1.165) is 47.0 Å². The van der Waals surface area contributed by atoms with Gasteiger partial charge in [0.15, 0.2) is 11.4 Å². The van der Waals surface area contributed by atoms with Crippen molar-refractivity contribution in [3.8, 4) is 0 Å². The van der Waals surface area contributed by atoms with Crippen LogP contribution < -0.4 is 0 Å². The number of nitrogens with zero attached hydrogens (tertiary/aromatic N) is 6. The van der Waals surface area contributed by atoms with E-state index in [0.29, 0.717) is 40.4 Å². The molecule has 2 unspecified atom stereocenters. The van der Waals surface area contributed by atoms with Crippen LogP contribution in [0.15, 0.2) is 48.5 Å². The second-order valence-electron chi connectivity index (χ2n) is 12.3. The molecule has 0 N–H and O–H groups in total. The van der Waals surface area contributed by atoms with Gasteiger partial charge >= 0.3 is 0 Å². The molecule has 1 aliphatic carbocycles. The van der Waals surface area contributed by atoms with Crippen molar-refractivity contribution in [2.75, 3.05) is 13.6 Å². The van der Waals surface area contributed by atoms with Gasteiger partial charge in [-0.15, -0.1) is 0 Å². The summed E-state index contributed by atoms with van der Waals surface area (Å²) < 4.78 is 4.45. The minimum absolute atomic E-state index is 0.0862. The Morgan fingerprint density at radius 3 is 2.16 bits per heavy atom. The van der Waals surface area contributed by atoms with Crippen LogP contribution in [0, 0.1) is 6.92 Å². The zero-order valence-corrected chi connectivity index (χ0v) is 26.4. The van der Waals surface area contributed by atoms with Gasteiger partial charge in [0.25, 0.3) is 11.8 Å². The van der Waals surface area contributed by atoms with E-state index in [1.54, 1.807) is 4.90 Å². The second-order valence-corrected chi connectivity index (χ2v) is 13.2. The molecule has 0 spiro atoms. The molecule has 2 aromatic carbocycles. The highest BCUT2D eigenvalue weighted by Crippen LogP contribution is 2.47. The van der Waals surface area contributed by atoms with Crippen LogP contribution in [0.5, 0.6) is 0 Å². The lowest BCUT2D eigenvalue weighted by atomic mass is 9.88. The summed E-state index contributed by atoms with van der Waals surface area (Å²) in [5.74, 6) is 1.48. The Balaban J connectivity index is 1.29. The number of benzene rings is 2. The molecule has 0 saturated heterocycles. The van der Waals surface area contributed by atoms with Crippen LogP contribution in [-0.4, -0.2) is 54.3 Å². The number of carbonyl (C=O) groups excluding carboxylic acids is 2. The smallest absolute Gasteiger partial charge is 0.275 e. The number of hydrogen-bond donors (Lipinski definition) is 0. The fourth-order valence-electron chi connectivity index (χ4n) is 7.18. The second kappa shape index (κ2) is 9.96. The molecule has 222 valence electrons. The van der Waals surface area contributed by atoms with E-state index >= 15 is 0 Å². The minimum atomic E-state index is -0.760. The van der Waals surface area contributed by atoms with Crippen molar-refractivity contribution in [1.29, 1.82) is 0 Å². The van der Waals surface area contributed by atoms with Crippen molar-refractivity contribution < 1.29 is 9.59 Å². The Kier molecular flexibility index (Phi) is 6.52. The van der Waals surface area contributed by atoms with E-state index in [1.807, 2.05) is 67.4 Å². The van der Waals surface area contributed by atoms with Gasteiger partial charge < -0.3 is 18.9 Å². The molecular formula is C33H34Cl2N6O2. The van der Waals surface area contributed by atoms with Crippen molar-refractivity contribution in [1.82, 2.24) is 28.9 Å². The maximum atomic E-state index is 14.1. The number of aryl methyl sites for hydroxylation is 1. The minimum Gasteiger partial charge on any atom is -0.328 e. The molecule has 2 atom stereocenters. The van der Waals surface area contributed by atoms with Crippen LogP contribution in [0.2, 0.25) is 10.0 Å². The first kappa shape index (κ1) is 28.2. The highest BCUT2D eigenvalue weighted by molar-refractivity contribution is 6.30. The summed E-state index contributed by atoms with van der Waals surface area (Å²) in [4.78, 5) is 41.0. The van der Waals surface area contributed by atoms with Crippen LogP contribution in [-0.2, 0) is 12.0 Å². The van der Waals surface area contributed by atoms with Crippen molar-refractivity contribution in [3.63, 3.8) is 0 Å². The summed E-state index contributed by atoms with van der Waals surface area (Å²) in [6.45, 7) is 8.70. The third kappa shape index (κ3) is 4.17. The monoisotopic (exact) mass is 616 g/mol. The quantitative estimate of drug-likeness (QED) is 0.230. The first-order valence-corrected chi connectivity index (χ1v) is 15.6. The van der Waals surface area contributed by atoms with E-state index in [1.165, 1.54) is 0 Å². The number of rotatable bonds is 7. The fraction of sp³-hybridized carbons (Fsp3) is 0.394. The summed E-state index contributed by atoms with van der Waals surface area (Å²) in [6, 6.07) is 15.6. The maximum Gasteiger partial charge on any atom is 0.275 e. The van der Waals surface area contributed by atoms with Gasteiger partial charge in [-0.2, -0.15) is 0 Å². The number of hydrogen-bond acceptors (Lipinski definition) is 4. The standard InChI is InChI=1S/C33H34Cl2N6O2/c1-18(2)40-19(3)36-27-30(40)33(4,21-8-12-23(35)13-9-21)39(32(27)43)17-16-25-37-26-29(41(25)24-14-15-24)28(38(5)31(26)42)20-6-10-22(34)11-7-20/h6-13,18,24,28H,14-17H2,1-5H3. The van der Waals surface area contributed by atoms with Crippen molar-refractivity contribution in [3.05, 3.63) is 104 Å². The molecule has 1 fully saturated rings. The Labute approximate surface area is 261 Å². The molecule has 4 aromatic rings. The van der Waals surface area contributed by atoms with Gasteiger partial charge in [-0.3, -0.25) is 9.59 Å². The number of carbonyl (C=O) groups is 2. The molecule has 2 aliphatic heterocycles. The van der Waals surface area contributed by atoms with E-state index in [-0.39, 0.29) is 23.9 Å². The zero-order chi connectivity index (χ0) is 30.4. The van der Waals surface area contributed by atoms with Crippen LogP contribution in [0.25, 0.3) is 0 Å². The molecule has 1 saturated carbocycles. The summed E-state index contributed by atoms with van der Waals surface area (Å²) in [5, 5.41) is 1.30.